The van der Waals surface area contributed by atoms with Crippen LogP contribution in [0.15, 0.2) is 158 Å². The number of amides is 2. The van der Waals surface area contributed by atoms with Gasteiger partial charge in [0.25, 0.3) is 11.8 Å². The summed E-state index contributed by atoms with van der Waals surface area (Å²) in [7, 11) is 0. The summed E-state index contributed by atoms with van der Waals surface area (Å²) >= 11 is 6.42. The van der Waals surface area contributed by atoms with Crippen molar-refractivity contribution in [2.45, 2.75) is 25.3 Å². The molecule has 0 radical (unpaired) electrons. The molecule has 6 rings (SSSR count). The van der Waals surface area contributed by atoms with Gasteiger partial charge in [-0.1, -0.05) is 139 Å². The van der Waals surface area contributed by atoms with E-state index < -0.39 is 17.9 Å². The average molecular weight is 693 g/mol. The van der Waals surface area contributed by atoms with Gasteiger partial charge < -0.3 is 15.3 Å². The fraction of sp³-hybridized carbons (Fsp3) is 0.114. The number of carbonyl (C=O) groups is 3. The average Bonchev–Trinajstić information content (AvgIpc) is 3.17. The minimum absolute atomic E-state index is 0.0690. The first-order valence-electron chi connectivity index (χ1n) is 16.8. The maximum absolute atomic E-state index is 14.3. The first kappa shape index (κ1) is 34.9. The number of nitrogens with one attached hydrogen (secondary N) is 1. The monoisotopic (exact) mass is 692 g/mol. The summed E-state index contributed by atoms with van der Waals surface area (Å²) in [6, 6.07) is 48.3. The smallest absolute Gasteiger partial charge is 0.326 e. The SMILES string of the molecule is O=C(NC(Cc1ccc(-c2ccccc2)cc1)C(=O)O)c1cc(Cl)ccc1N(CCCc1ccccc1)C(=O)c1ccc(-c2ccccc2)cc1. The van der Waals surface area contributed by atoms with E-state index in [0.29, 0.717) is 24.2 Å². The molecule has 0 spiro atoms. The van der Waals surface area contributed by atoms with Gasteiger partial charge in [0.15, 0.2) is 0 Å². The molecule has 51 heavy (non-hydrogen) atoms. The van der Waals surface area contributed by atoms with E-state index in [0.717, 1.165) is 39.8 Å². The molecule has 0 aliphatic carbocycles. The van der Waals surface area contributed by atoms with Gasteiger partial charge in [0.05, 0.1) is 11.3 Å². The summed E-state index contributed by atoms with van der Waals surface area (Å²) < 4.78 is 0. The number of halogens is 1. The molecular formula is C44H37ClN2O4. The first-order valence-corrected chi connectivity index (χ1v) is 17.2. The Morgan fingerprint density at radius 3 is 1.73 bits per heavy atom. The lowest BCUT2D eigenvalue weighted by atomic mass is 10.00. The van der Waals surface area contributed by atoms with Crippen molar-refractivity contribution in [3.63, 3.8) is 0 Å². The molecule has 1 atom stereocenters. The van der Waals surface area contributed by atoms with Gasteiger partial charge in [0, 0.05) is 23.6 Å². The van der Waals surface area contributed by atoms with Crippen LogP contribution in [0.3, 0.4) is 0 Å². The van der Waals surface area contributed by atoms with Crippen molar-refractivity contribution in [2.75, 3.05) is 11.4 Å². The Bertz CT molecular complexity index is 2090. The van der Waals surface area contributed by atoms with Crippen LogP contribution in [0.2, 0.25) is 5.02 Å². The van der Waals surface area contributed by atoms with E-state index in [1.807, 2.05) is 127 Å². The molecule has 254 valence electrons. The largest absolute Gasteiger partial charge is 0.480 e. The van der Waals surface area contributed by atoms with Crippen molar-refractivity contribution in [3.8, 4) is 22.3 Å². The fourth-order valence-corrected chi connectivity index (χ4v) is 6.24. The van der Waals surface area contributed by atoms with Crippen LogP contribution in [0, 0.1) is 0 Å². The van der Waals surface area contributed by atoms with Crippen LogP contribution in [0.4, 0.5) is 5.69 Å². The van der Waals surface area contributed by atoms with E-state index in [1.54, 1.807) is 29.2 Å². The Hall–Kier alpha value is -5.98. The highest BCUT2D eigenvalue weighted by Gasteiger charge is 2.27. The molecular weight excluding hydrogens is 656 g/mol. The molecule has 0 bridgehead atoms. The molecule has 0 aromatic heterocycles. The third-order valence-electron chi connectivity index (χ3n) is 8.77. The second kappa shape index (κ2) is 16.6. The molecule has 7 heteroatoms. The third kappa shape index (κ3) is 8.98. The van der Waals surface area contributed by atoms with Gasteiger partial charge in [-0.25, -0.2) is 4.79 Å². The zero-order valence-corrected chi connectivity index (χ0v) is 28.7. The van der Waals surface area contributed by atoms with Crippen LogP contribution in [-0.4, -0.2) is 35.5 Å². The zero-order chi connectivity index (χ0) is 35.6. The molecule has 0 saturated carbocycles. The third-order valence-corrected chi connectivity index (χ3v) is 9.01. The number of nitrogens with zero attached hydrogens (tertiary/aromatic N) is 1. The molecule has 0 fully saturated rings. The topological polar surface area (TPSA) is 86.7 Å². The van der Waals surface area contributed by atoms with Gasteiger partial charge in [0.2, 0.25) is 0 Å². The lowest BCUT2D eigenvalue weighted by Crippen LogP contribution is -2.43. The minimum atomic E-state index is -1.22. The summed E-state index contributed by atoms with van der Waals surface area (Å²) in [5.41, 5.74) is 6.87. The molecule has 6 aromatic carbocycles. The van der Waals surface area contributed by atoms with E-state index in [1.165, 1.54) is 6.07 Å². The molecule has 6 aromatic rings. The second-order valence-electron chi connectivity index (χ2n) is 12.3. The van der Waals surface area contributed by atoms with Crippen molar-refractivity contribution in [2.24, 2.45) is 0 Å². The molecule has 0 saturated heterocycles. The lowest BCUT2D eigenvalue weighted by molar-refractivity contribution is -0.139. The van der Waals surface area contributed by atoms with Gasteiger partial charge in [0.1, 0.15) is 6.04 Å². The number of carbonyl (C=O) groups excluding carboxylic acids is 2. The maximum Gasteiger partial charge on any atom is 0.326 e. The number of aliphatic carboxylic acids is 1. The van der Waals surface area contributed by atoms with Crippen LogP contribution >= 0.6 is 11.6 Å². The number of benzene rings is 6. The number of carboxylic acids is 1. The van der Waals surface area contributed by atoms with Gasteiger partial charge in [-0.05, 0) is 76.6 Å². The van der Waals surface area contributed by atoms with Crippen LogP contribution in [0.5, 0.6) is 0 Å². The van der Waals surface area contributed by atoms with Crippen molar-refractivity contribution in [3.05, 3.63) is 185 Å². The van der Waals surface area contributed by atoms with E-state index in [2.05, 4.69) is 5.32 Å². The van der Waals surface area contributed by atoms with E-state index in [4.69, 9.17) is 11.6 Å². The van der Waals surface area contributed by atoms with Crippen molar-refractivity contribution in [1.82, 2.24) is 5.32 Å². The first-order chi connectivity index (χ1) is 24.9. The number of hydrogen-bond donors (Lipinski definition) is 2. The van der Waals surface area contributed by atoms with Gasteiger partial charge in [-0.3, -0.25) is 9.59 Å². The highest BCUT2D eigenvalue weighted by molar-refractivity contribution is 6.31. The van der Waals surface area contributed by atoms with Gasteiger partial charge in [-0.2, -0.15) is 0 Å². The predicted molar refractivity (Wildman–Crippen MR) is 204 cm³/mol. The van der Waals surface area contributed by atoms with Crippen molar-refractivity contribution < 1.29 is 19.5 Å². The summed E-state index contributed by atoms with van der Waals surface area (Å²) in [6.45, 7) is 0.312. The Labute approximate surface area is 303 Å². The molecule has 6 nitrogen and oxygen atoms in total. The van der Waals surface area contributed by atoms with Crippen LogP contribution in [0.25, 0.3) is 22.3 Å². The summed E-state index contributed by atoms with van der Waals surface area (Å²) in [5.74, 6) is -2.10. The molecule has 1 unspecified atom stereocenters. The summed E-state index contributed by atoms with van der Waals surface area (Å²) in [5, 5.41) is 13.1. The Balaban J connectivity index is 1.26. The molecule has 2 amide bonds. The molecule has 0 aliphatic heterocycles. The summed E-state index contributed by atoms with van der Waals surface area (Å²) in [6.07, 6.45) is 1.41. The Morgan fingerprint density at radius 2 is 1.16 bits per heavy atom. The standard InChI is InChI=1S/C44H37ClN2O4/c45-38-26-27-41(39(30-38)42(48)46-40(44(50)51)29-32-18-20-35(21-19-32)33-14-6-2-7-15-33)47(28-10-13-31-11-4-1-5-12-31)43(49)37-24-22-36(23-25-37)34-16-8-3-9-17-34/h1-9,11-12,14-27,30,40H,10,13,28-29H2,(H,46,48)(H,50,51). The Morgan fingerprint density at radius 1 is 0.627 bits per heavy atom. The van der Waals surface area contributed by atoms with Crippen molar-refractivity contribution >= 4 is 35.1 Å². The highest BCUT2D eigenvalue weighted by Crippen LogP contribution is 2.28. The van der Waals surface area contributed by atoms with Gasteiger partial charge >= 0.3 is 5.97 Å². The highest BCUT2D eigenvalue weighted by atomic mass is 35.5. The number of rotatable bonds is 13. The number of aryl methyl sites for hydroxylation is 1. The van der Waals surface area contributed by atoms with Crippen LogP contribution in [-0.2, 0) is 17.6 Å². The van der Waals surface area contributed by atoms with Crippen molar-refractivity contribution in [1.29, 1.82) is 0 Å². The lowest BCUT2D eigenvalue weighted by Gasteiger charge is -2.26. The normalized spacial score (nSPS) is 11.4. The zero-order valence-electron chi connectivity index (χ0n) is 27.9. The number of carboxylic acid groups (broad SMARTS) is 1. The van der Waals surface area contributed by atoms with Gasteiger partial charge in [-0.15, -0.1) is 0 Å². The number of hydrogen-bond acceptors (Lipinski definition) is 3. The Kier molecular flexibility index (Phi) is 11.4. The quantitative estimate of drug-likeness (QED) is 0.126. The minimum Gasteiger partial charge on any atom is -0.480 e. The van der Waals surface area contributed by atoms with E-state index >= 15 is 0 Å². The molecule has 2 N–H and O–H groups in total. The predicted octanol–water partition coefficient (Wildman–Crippen LogP) is 9.38. The number of anilines is 1. The maximum atomic E-state index is 14.3. The van der Waals surface area contributed by atoms with Crippen LogP contribution in [0.1, 0.15) is 38.3 Å². The van der Waals surface area contributed by atoms with E-state index in [9.17, 15) is 19.5 Å². The second-order valence-corrected chi connectivity index (χ2v) is 12.7. The van der Waals surface area contributed by atoms with E-state index in [-0.39, 0.29) is 22.9 Å². The fourth-order valence-electron chi connectivity index (χ4n) is 6.07. The molecule has 0 aliphatic rings. The molecule has 0 heterocycles. The summed E-state index contributed by atoms with van der Waals surface area (Å²) in [4.78, 5) is 42.2. The van der Waals surface area contributed by atoms with Crippen LogP contribution < -0.4 is 10.2 Å².